The van der Waals surface area contributed by atoms with Gasteiger partial charge < -0.3 is 9.64 Å². The largest absolute Gasteiger partial charge is 0.379 e. The van der Waals surface area contributed by atoms with E-state index in [0.717, 1.165) is 56.0 Å². The van der Waals surface area contributed by atoms with Crippen molar-refractivity contribution in [3.05, 3.63) is 34.9 Å². The zero-order chi connectivity index (χ0) is 15.5. The molecule has 5 nitrogen and oxygen atoms in total. The van der Waals surface area contributed by atoms with Crippen molar-refractivity contribution in [3.8, 4) is 6.07 Å². The highest BCUT2D eigenvalue weighted by Crippen LogP contribution is 2.34. The molecule has 3 rings (SSSR count). The molecule has 1 aromatic rings. The third-order valence-electron chi connectivity index (χ3n) is 4.49. The summed E-state index contributed by atoms with van der Waals surface area (Å²) in [4.78, 5) is 16.7. The number of ether oxygens (including phenoxy) is 1. The predicted octanol–water partition coefficient (Wildman–Crippen LogP) is 1.74. The van der Waals surface area contributed by atoms with E-state index in [1.807, 2.05) is 25.1 Å². The van der Waals surface area contributed by atoms with Gasteiger partial charge in [0.1, 0.15) is 6.04 Å². The summed E-state index contributed by atoms with van der Waals surface area (Å²) in [5, 5.41) is 9.47. The molecule has 0 aliphatic carbocycles. The number of nitriles is 1. The molecule has 116 valence electrons. The zero-order valence-electron chi connectivity index (χ0n) is 12.9. The maximum Gasteiger partial charge on any atom is 0.255 e. The van der Waals surface area contributed by atoms with E-state index in [1.165, 1.54) is 0 Å². The molecule has 22 heavy (non-hydrogen) atoms. The van der Waals surface area contributed by atoms with Crippen molar-refractivity contribution in [2.24, 2.45) is 0 Å². The molecular weight excluding hydrogens is 278 g/mol. The van der Waals surface area contributed by atoms with Crippen molar-refractivity contribution in [2.75, 3.05) is 39.4 Å². The second-order valence-electron chi connectivity index (χ2n) is 5.88. The van der Waals surface area contributed by atoms with Crippen LogP contribution in [0.1, 0.15) is 33.9 Å². The van der Waals surface area contributed by atoms with E-state index in [-0.39, 0.29) is 5.91 Å². The molecule has 1 fully saturated rings. The molecule has 1 unspecified atom stereocenters. The van der Waals surface area contributed by atoms with Gasteiger partial charge in [-0.05, 0) is 18.9 Å². The van der Waals surface area contributed by atoms with Crippen LogP contribution in [0.4, 0.5) is 0 Å². The van der Waals surface area contributed by atoms with Crippen molar-refractivity contribution in [1.29, 1.82) is 5.26 Å². The standard InChI is InChI=1S/C17H21N3O2/c1-13-4-2-5-14-15(12-18)20(17(21)16(13)14)7-3-6-19-8-10-22-11-9-19/h2,4-5,15H,3,6-11H2,1H3. The molecule has 1 aromatic carbocycles. The first-order valence-corrected chi connectivity index (χ1v) is 7.82. The minimum atomic E-state index is -0.438. The summed E-state index contributed by atoms with van der Waals surface area (Å²) in [6.07, 6.45) is 0.886. The molecule has 0 aromatic heterocycles. The second-order valence-corrected chi connectivity index (χ2v) is 5.88. The summed E-state index contributed by atoms with van der Waals surface area (Å²) >= 11 is 0. The fraction of sp³-hybridized carbons (Fsp3) is 0.529. The number of hydrogen-bond donors (Lipinski definition) is 0. The SMILES string of the molecule is Cc1cccc2c1C(=O)N(CCCN1CCOCC1)C2C#N. The van der Waals surface area contributed by atoms with Crippen LogP contribution in [0.25, 0.3) is 0 Å². The highest BCUT2D eigenvalue weighted by atomic mass is 16.5. The molecular formula is C17H21N3O2. The number of nitrogens with zero attached hydrogens (tertiary/aromatic N) is 3. The van der Waals surface area contributed by atoms with Gasteiger partial charge in [-0.25, -0.2) is 0 Å². The van der Waals surface area contributed by atoms with Crippen LogP contribution in [-0.2, 0) is 4.74 Å². The van der Waals surface area contributed by atoms with E-state index in [9.17, 15) is 10.1 Å². The summed E-state index contributed by atoms with van der Waals surface area (Å²) in [7, 11) is 0. The van der Waals surface area contributed by atoms with Crippen LogP contribution in [0.3, 0.4) is 0 Å². The Labute approximate surface area is 131 Å². The third kappa shape index (κ3) is 2.72. The highest BCUT2D eigenvalue weighted by molar-refractivity contribution is 6.01. The number of carbonyl (C=O) groups is 1. The fourth-order valence-electron chi connectivity index (χ4n) is 3.30. The quantitative estimate of drug-likeness (QED) is 0.850. The molecule has 1 saturated heterocycles. The Morgan fingerprint density at radius 2 is 2.09 bits per heavy atom. The Morgan fingerprint density at radius 3 is 2.82 bits per heavy atom. The minimum absolute atomic E-state index is 0.00151. The van der Waals surface area contributed by atoms with Crippen molar-refractivity contribution >= 4 is 5.91 Å². The van der Waals surface area contributed by atoms with E-state index in [0.29, 0.717) is 6.54 Å². The molecule has 2 aliphatic rings. The molecule has 0 bridgehead atoms. The lowest BCUT2D eigenvalue weighted by atomic mass is 10.0. The normalized spacial score (nSPS) is 21.7. The van der Waals surface area contributed by atoms with E-state index < -0.39 is 6.04 Å². The van der Waals surface area contributed by atoms with Gasteiger partial charge in [-0.15, -0.1) is 0 Å². The Morgan fingerprint density at radius 1 is 1.32 bits per heavy atom. The number of aryl methyl sites for hydroxylation is 1. The lowest BCUT2D eigenvalue weighted by Crippen LogP contribution is -2.38. The van der Waals surface area contributed by atoms with Crippen LogP contribution in [0.2, 0.25) is 0 Å². The van der Waals surface area contributed by atoms with Gasteiger partial charge in [0.05, 0.1) is 19.3 Å². The number of amides is 1. The van der Waals surface area contributed by atoms with Crippen LogP contribution in [0, 0.1) is 18.3 Å². The van der Waals surface area contributed by atoms with Crippen LogP contribution in [0.15, 0.2) is 18.2 Å². The van der Waals surface area contributed by atoms with Gasteiger partial charge in [0.25, 0.3) is 5.91 Å². The Kier molecular flexibility index (Phi) is 4.41. The zero-order valence-corrected chi connectivity index (χ0v) is 12.9. The number of hydrogen-bond acceptors (Lipinski definition) is 4. The number of fused-ring (bicyclic) bond motifs is 1. The fourth-order valence-corrected chi connectivity index (χ4v) is 3.30. The topological polar surface area (TPSA) is 56.6 Å². The molecule has 0 saturated carbocycles. The third-order valence-corrected chi connectivity index (χ3v) is 4.49. The van der Waals surface area contributed by atoms with Crippen molar-refractivity contribution in [3.63, 3.8) is 0 Å². The molecule has 2 heterocycles. The Hall–Kier alpha value is -1.90. The minimum Gasteiger partial charge on any atom is -0.379 e. The second kappa shape index (κ2) is 6.47. The summed E-state index contributed by atoms with van der Waals surface area (Å²) in [6, 6.07) is 7.60. The molecule has 0 spiro atoms. The van der Waals surface area contributed by atoms with Crippen molar-refractivity contribution < 1.29 is 9.53 Å². The van der Waals surface area contributed by atoms with Crippen LogP contribution in [-0.4, -0.2) is 55.1 Å². The first-order valence-electron chi connectivity index (χ1n) is 7.82. The van der Waals surface area contributed by atoms with Crippen LogP contribution < -0.4 is 0 Å². The molecule has 1 amide bonds. The first kappa shape index (κ1) is 15.0. The van der Waals surface area contributed by atoms with Crippen LogP contribution in [0.5, 0.6) is 0 Å². The predicted molar refractivity (Wildman–Crippen MR) is 82.4 cm³/mol. The van der Waals surface area contributed by atoms with Gasteiger partial charge in [0.15, 0.2) is 0 Å². The van der Waals surface area contributed by atoms with Gasteiger partial charge in [-0.3, -0.25) is 9.69 Å². The van der Waals surface area contributed by atoms with Gasteiger partial charge in [0, 0.05) is 37.3 Å². The summed E-state index contributed by atoms with van der Waals surface area (Å²) < 4.78 is 5.34. The molecule has 5 heteroatoms. The molecule has 1 atom stereocenters. The smallest absolute Gasteiger partial charge is 0.255 e. The van der Waals surface area contributed by atoms with E-state index in [4.69, 9.17) is 4.74 Å². The molecule has 0 N–H and O–H groups in total. The average Bonchev–Trinajstić information content (AvgIpc) is 2.82. The molecule has 0 radical (unpaired) electrons. The Balaban J connectivity index is 1.66. The van der Waals surface area contributed by atoms with E-state index >= 15 is 0 Å². The Bertz CT molecular complexity index is 602. The van der Waals surface area contributed by atoms with Gasteiger partial charge >= 0.3 is 0 Å². The van der Waals surface area contributed by atoms with Crippen LogP contribution >= 0.6 is 0 Å². The monoisotopic (exact) mass is 299 g/mol. The summed E-state index contributed by atoms with van der Waals surface area (Å²) in [6.45, 7) is 6.98. The highest BCUT2D eigenvalue weighted by Gasteiger charge is 2.37. The average molecular weight is 299 g/mol. The summed E-state index contributed by atoms with van der Waals surface area (Å²) in [5.74, 6) is 0.00151. The van der Waals surface area contributed by atoms with E-state index in [2.05, 4.69) is 11.0 Å². The summed E-state index contributed by atoms with van der Waals surface area (Å²) in [5.41, 5.74) is 2.54. The lowest BCUT2D eigenvalue weighted by molar-refractivity contribution is 0.0355. The number of carbonyl (C=O) groups excluding carboxylic acids is 1. The maximum atomic E-state index is 12.6. The van der Waals surface area contributed by atoms with Gasteiger partial charge in [-0.1, -0.05) is 18.2 Å². The van der Waals surface area contributed by atoms with E-state index in [1.54, 1.807) is 4.90 Å². The van der Waals surface area contributed by atoms with Gasteiger partial charge in [0.2, 0.25) is 0 Å². The van der Waals surface area contributed by atoms with Crippen molar-refractivity contribution in [1.82, 2.24) is 9.80 Å². The molecule has 2 aliphatic heterocycles. The number of morpholine rings is 1. The first-order chi connectivity index (χ1) is 10.7. The lowest BCUT2D eigenvalue weighted by Gasteiger charge is -2.28. The number of rotatable bonds is 4. The maximum absolute atomic E-state index is 12.6. The van der Waals surface area contributed by atoms with Gasteiger partial charge in [-0.2, -0.15) is 5.26 Å². The number of benzene rings is 1. The van der Waals surface area contributed by atoms with Crippen molar-refractivity contribution in [2.45, 2.75) is 19.4 Å².